The molecule has 1 atom stereocenters. The molecule has 78 valence electrons. The zero-order chi connectivity index (χ0) is 9.68. The van der Waals surface area contributed by atoms with E-state index in [-0.39, 0.29) is 0 Å². The first-order valence-electron chi connectivity index (χ1n) is 5.94. The highest BCUT2D eigenvalue weighted by molar-refractivity contribution is 4.72. The van der Waals surface area contributed by atoms with Gasteiger partial charge in [-0.05, 0) is 51.6 Å². The summed E-state index contributed by atoms with van der Waals surface area (Å²) >= 11 is 0. The van der Waals surface area contributed by atoms with E-state index in [1.807, 2.05) is 0 Å². The molecule has 1 saturated heterocycles. The second-order valence-corrected chi connectivity index (χ2v) is 4.92. The quantitative estimate of drug-likeness (QED) is 0.646. The van der Waals surface area contributed by atoms with E-state index in [0.29, 0.717) is 0 Å². The van der Waals surface area contributed by atoms with Gasteiger partial charge in [0.1, 0.15) is 0 Å². The molecular formula is C12H25N. The third-order valence-electron chi connectivity index (χ3n) is 3.17. The molecule has 1 heteroatoms. The van der Waals surface area contributed by atoms with E-state index in [1.54, 1.807) is 0 Å². The van der Waals surface area contributed by atoms with E-state index >= 15 is 0 Å². The fourth-order valence-electron chi connectivity index (χ4n) is 2.19. The van der Waals surface area contributed by atoms with Crippen molar-refractivity contribution in [1.29, 1.82) is 0 Å². The molecular weight excluding hydrogens is 158 g/mol. The van der Waals surface area contributed by atoms with Crippen molar-refractivity contribution in [3.8, 4) is 0 Å². The average molecular weight is 183 g/mol. The van der Waals surface area contributed by atoms with E-state index in [1.165, 1.54) is 45.2 Å². The Kier molecular flexibility index (Phi) is 4.79. The van der Waals surface area contributed by atoms with Gasteiger partial charge in [-0.15, -0.1) is 0 Å². The van der Waals surface area contributed by atoms with Gasteiger partial charge in [-0.2, -0.15) is 0 Å². The van der Waals surface area contributed by atoms with Crippen LogP contribution in [0, 0.1) is 5.92 Å². The van der Waals surface area contributed by atoms with Crippen molar-refractivity contribution < 1.29 is 0 Å². The SMILES string of the molecule is CC(C)CCCN1CCCC[C@@H]1C. The molecule has 1 rings (SSSR count). The molecule has 1 heterocycles. The maximum atomic E-state index is 2.67. The Bertz CT molecular complexity index is 131. The first-order valence-corrected chi connectivity index (χ1v) is 5.94. The van der Waals surface area contributed by atoms with Gasteiger partial charge in [0.2, 0.25) is 0 Å². The Morgan fingerprint density at radius 3 is 2.69 bits per heavy atom. The minimum absolute atomic E-state index is 0.848. The van der Waals surface area contributed by atoms with Crippen molar-refractivity contribution in [1.82, 2.24) is 4.90 Å². The molecule has 0 bridgehead atoms. The normalized spacial score (nSPS) is 25.4. The van der Waals surface area contributed by atoms with E-state index in [2.05, 4.69) is 25.7 Å². The molecule has 0 spiro atoms. The Morgan fingerprint density at radius 2 is 2.08 bits per heavy atom. The molecule has 0 unspecified atom stereocenters. The van der Waals surface area contributed by atoms with Gasteiger partial charge in [0, 0.05) is 6.04 Å². The number of hydrogen-bond acceptors (Lipinski definition) is 1. The second kappa shape index (κ2) is 5.64. The van der Waals surface area contributed by atoms with Crippen LogP contribution < -0.4 is 0 Å². The maximum absolute atomic E-state index is 2.67. The van der Waals surface area contributed by atoms with Gasteiger partial charge in [-0.25, -0.2) is 0 Å². The molecule has 0 radical (unpaired) electrons. The van der Waals surface area contributed by atoms with Crippen LogP contribution in [0.25, 0.3) is 0 Å². The standard InChI is InChI=1S/C12H25N/c1-11(2)7-6-10-13-9-5-4-8-12(13)3/h11-12H,4-10H2,1-3H3/t12-/m0/s1. The molecule has 1 nitrogen and oxygen atoms in total. The largest absolute Gasteiger partial charge is 0.301 e. The zero-order valence-electron chi connectivity index (χ0n) is 9.55. The van der Waals surface area contributed by atoms with Crippen molar-refractivity contribution in [2.75, 3.05) is 13.1 Å². The molecule has 0 aromatic carbocycles. The van der Waals surface area contributed by atoms with Crippen LogP contribution in [-0.2, 0) is 0 Å². The monoisotopic (exact) mass is 183 g/mol. The Labute approximate surface area is 83.5 Å². The van der Waals surface area contributed by atoms with Crippen LogP contribution in [0.2, 0.25) is 0 Å². The van der Waals surface area contributed by atoms with E-state index in [9.17, 15) is 0 Å². The lowest BCUT2D eigenvalue weighted by atomic mass is 10.0. The first-order chi connectivity index (χ1) is 6.20. The van der Waals surface area contributed by atoms with E-state index < -0.39 is 0 Å². The molecule has 0 N–H and O–H groups in total. The van der Waals surface area contributed by atoms with Gasteiger partial charge >= 0.3 is 0 Å². The predicted octanol–water partition coefficient (Wildman–Crippen LogP) is 3.30. The van der Waals surface area contributed by atoms with Crippen molar-refractivity contribution in [3.05, 3.63) is 0 Å². The summed E-state index contributed by atoms with van der Waals surface area (Å²) in [4.78, 5) is 2.67. The van der Waals surface area contributed by atoms with Crippen molar-refractivity contribution in [2.24, 2.45) is 5.92 Å². The predicted molar refractivity (Wildman–Crippen MR) is 59.0 cm³/mol. The van der Waals surface area contributed by atoms with Crippen LogP contribution in [-0.4, -0.2) is 24.0 Å². The average Bonchev–Trinajstić information content (AvgIpc) is 2.08. The topological polar surface area (TPSA) is 3.24 Å². The number of nitrogens with zero attached hydrogens (tertiary/aromatic N) is 1. The van der Waals surface area contributed by atoms with Gasteiger partial charge in [-0.3, -0.25) is 0 Å². The summed E-state index contributed by atoms with van der Waals surface area (Å²) in [6.45, 7) is 9.70. The fraction of sp³-hybridized carbons (Fsp3) is 1.00. The molecule has 1 aliphatic rings. The molecule has 0 aromatic rings. The fourth-order valence-corrected chi connectivity index (χ4v) is 2.19. The van der Waals surface area contributed by atoms with Gasteiger partial charge in [0.15, 0.2) is 0 Å². The molecule has 1 fully saturated rings. The first kappa shape index (κ1) is 11.0. The summed E-state index contributed by atoms with van der Waals surface area (Å²) < 4.78 is 0. The molecule has 0 aromatic heterocycles. The summed E-state index contributed by atoms with van der Waals surface area (Å²) in [5.74, 6) is 0.875. The van der Waals surface area contributed by atoms with Crippen LogP contribution in [0.1, 0.15) is 52.9 Å². The molecule has 13 heavy (non-hydrogen) atoms. The summed E-state index contributed by atoms with van der Waals surface area (Å²) in [5.41, 5.74) is 0. The number of rotatable bonds is 4. The molecule has 0 saturated carbocycles. The van der Waals surface area contributed by atoms with Crippen LogP contribution in [0.4, 0.5) is 0 Å². The second-order valence-electron chi connectivity index (χ2n) is 4.92. The zero-order valence-corrected chi connectivity index (χ0v) is 9.55. The Hall–Kier alpha value is -0.0400. The molecule has 1 aliphatic heterocycles. The summed E-state index contributed by atoms with van der Waals surface area (Å²) in [5, 5.41) is 0. The summed E-state index contributed by atoms with van der Waals surface area (Å²) in [6.07, 6.45) is 7.07. The van der Waals surface area contributed by atoms with E-state index in [0.717, 1.165) is 12.0 Å². The summed E-state index contributed by atoms with van der Waals surface area (Å²) in [7, 11) is 0. The van der Waals surface area contributed by atoms with Gasteiger partial charge in [0.25, 0.3) is 0 Å². The third-order valence-corrected chi connectivity index (χ3v) is 3.17. The Balaban J connectivity index is 2.11. The van der Waals surface area contributed by atoms with Crippen LogP contribution in [0.15, 0.2) is 0 Å². The highest BCUT2D eigenvalue weighted by Gasteiger charge is 2.16. The van der Waals surface area contributed by atoms with Gasteiger partial charge in [0.05, 0.1) is 0 Å². The Morgan fingerprint density at radius 1 is 1.31 bits per heavy atom. The van der Waals surface area contributed by atoms with Crippen molar-refractivity contribution in [2.45, 2.75) is 58.9 Å². The van der Waals surface area contributed by atoms with Gasteiger partial charge in [-0.1, -0.05) is 20.3 Å². The van der Waals surface area contributed by atoms with Crippen LogP contribution in [0.5, 0.6) is 0 Å². The lowest BCUT2D eigenvalue weighted by molar-refractivity contribution is 0.156. The minimum atomic E-state index is 0.848. The van der Waals surface area contributed by atoms with Crippen molar-refractivity contribution >= 4 is 0 Å². The smallest absolute Gasteiger partial charge is 0.00669 e. The van der Waals surface area contributed by atoms with Crippen LogP contribution >= 0.6 is 0 Å². The third kappa shape index (κ3) is 4.12. The van der Waals surface area contributed by atoms with Crippen LogP contribution in [0.3, 0.4) is 0 Å². The maximum Gasteiger partial charge on any atom is 0.00669 e. The van der Waals surface area contributed by atoms with E-state index in [4.69, 9.17) is 0 Å². The highest BCUT2D eigenvalue weighted by atomic mass is 15.1. The number of hydrogen-bond donors (Lipinski definition) is 0. The minimum Gasteiger partial charge on any atom is -0.301 e. The van der Waals surface area contributed by atoms with Gasteiger partial charge < -0.3 is 4.90 Å². The molecule has 0 aliphatic carbocycles. The lowest BCUT2D eigenvalue weighted by Crippen LogP contribution is -2.38. The van der Waals surface area contributed by atoms with Crippen molar-refractivity contribution in [3.63, 3.8) is 0 Å². The molecule has 0 amide bonds. The lowest BCUT2D eigenvalue weighted by Gasteiger charge is -2.33. The summed E-state index contributed by atoms with van der Waals surface area (Å²) in [6, 6.07) is 0.848. The number of piperidine rings is 1. The highest BCUT2D eigenvalue weighted by Crippen LogP contribution is 2.17. The number of likely N-dealkylation sites (tertiary alicyclic amines) is 1.